The van der Waals surface area contributed by atoms with Gasteiger partial charge in [0.1, 0.15) is 6.54 Å². The van der Waals surface area contributed by atoms with E-state index in [-0.39, 0.29) is 36.6 Å². The van der Waals surface area contributed by atoms with Crippen LogP contribution in [0.1, 0.15) is 24.2 Å². The zero-order valence-corrected chi connectivity index (χ0v) is 15.0. The lowest BCUT2D eigenvalue weighted by atomic mass is 10.1. The predicted molar refractivity (Wildman–Crippen MR) is 96.1 cm³/mol. The van der Waals surface area contributed by atoms with E-state index < -0.39 is 0 Å². The van der Waals surface area contributed by atoms with Crippen LogP contribution in [0.25, 0.3) is 16.7 Å². The number of rotatable bonds is 3. The molecular formula is C18H18N6O3. The minimum atomic E-state index is -0.274. The number of hydrogen-bond donors (Lipinski definition) is 0. The van der Waals surface area contributed by atoms with Gasteiger partial charge in [-0.1, -0.05) is 11.6 Å². The van der Waals surface area contributed by atoms with Gasteiger partial charge >= 0.3 is 6.03 Å². The summed E-state index contributed by atoms with van der Waals surface area (Å²) < 4.78 is 3.18. The zero-order valence-electron chi connectivity index (χ0n) is 15.0. The Morgan fingerprint density at radius 2 is 1.93 bits per heavy atom. The third-order valence-corrected chi connectivity index (χ3v) is 5.31. The van der Waals surface area contributed by atoms with Gasteiger partial charge in [0.05, 0.1) is 17.4 Å². The lowest BCUT2D eigenvalue weighted by molar-refractivity contribution is -0.125. The minimum Gasteiger partial charge on any atom is -0.312 e. The van der Waals surface area contributed by atoms with E-state index in [4.69, 9.17) is 0 Å². The van der Waals surface area contributed by atoms with Gasteiger partial charge in [0.25, 0.3) is 11.5 Å². The summed E-state index contributed by atoms with van der Waals surface area (Å²) in [6, 6.07) is 5.49. The Labute approximate surface area is 153 Å². The summed E-state index contributed by atoms with van der Waals surface area (Å²) in [5, 5.41) is 8.85. The third-order valence-electron chi connectivity index (χ3n) is 5.31. The molecule has 0 unspecified atom stereocenters. The molecule has 2 fully saturated rings. The van der Waals surface area contributed by atoms with Crippen LogP contribution >= 0.6 is 0 Å². The topological polar surface area (TPSA) is 92.8 Å². The number of imide groups is 1. The molecule has 1 aliphatic carbocycles. The smallest absolute Gasteiger partial charge is 0.312 e. The molecule has 5 rings (SSSR count). The second-order valence-electron chi connectivity index (χ2n) is 7.26. The molecular weight excluding hydrogens is 348 g/mol. The molecule has 3 amide bonds. The Morgan fingerprint density at radius 3 is 2.67 bits per heavy atom. The molecule has 138 valence electrons. The van der Waals surface area contributed by atoms with Gasteiger partial charge in [0.15, 0.2) is 5.82 Å². The highest BCUT2D eigenvalue weighted by molar-refractivity contribution is 6.02. The number of benzene rings is 1. The molecule has 2 aromatic heterocycles. The first-order valence-corrected chi connectivity index (χ1v) is 8.90. The molecule has 1 aromatic carbocycles. The van der Waals surface area contributed by atoms with Crippen molar-refractivity contribution in [1.29, 1.82) is 0 Å². The summed E-state index contributed by atoms with van der Waals surface area (Å²) in [6.45, 7) is 2.08. The molecule has 1 saturated carbocycles. The highest BCUT2D eigenvalue weighted by Crippen LogP contribution is 2.30. The number of carbonyl (C=O) groups excluding carboxylic acids is 2. The van der Waals surface area contributed by atoms with E-state index >= 15 is 0 Å². The normalized spacial score (nSPS) is 17.7. The fraction of sp³-hybridized carbons (Fsp3) is 0.389. The van der Waals surface area contributed by atoms with Crippen LogP contribution in [0.4, 0.5) is 4.79 Å². The molecule has 9 heteroatoms. The van der Waals surface area contributed by atoms with Gasteiger partial charge in [-0.05, 0) is 31.9 Å². The molecule has 0 atom stereocenters. The Kier molecular flexibility index (Phi) is 3.19. The van der Waals surface area contributed by atoms with Gasteiger partial charge in [-0.3, -0.25) is 23.5 Å². The Hall–Kier alpha value is -3.23. The molecule has 1 aliphatic heterocycles. The van der Waals surface area contributed by atoms with Crippen LogP contribution in [0, 0.1) is 6.92 Å². The van der Waals surface area contributed by atoms with E-state index in [2.05, 4.69) is 10.2 Å². The third kappa shape index (κ3) is 2.27. The summed E-state index contributed by atoms with van der Waals surface area (Å²) in [6.07, 6.45) is 1.90. The minimum absolute atomic E-state index is 0.0310. The number of aromatic nitrogens is 4. The number of aryl methyl sites for hydroxylation is 2. The number of carbonyl (C=O) groups is 2. The monoisotopic (exact) mass is 366 g/mol. The van der Waals surface area contributed by atoms with Crippen molar-refractivity contribution < 1.29 is 9.59 Å². The maximum absolute atomic E-state index is 12.6. The standard InChI is InChI=1S/C18H18N6O3/c1-10-3-6-13-12(7-10)16(26)21(2)17-20-19-14(24(13)17)8-23-15(25)9-22(18(23)27)11-4-5-11/h3,6-7,11H,4-5,8-9H2,1-2H3. The van der Waals surface area contributed by atoms with E-state index in [9.17, 15) is 14.4 Å². The van der Waals surface area contributed by atoms with Crippen molar-refractivity contribution in [3.63, 3.8) is 0 Å². The van der Waals surface area contributed by atoms with E-state index in [1.165, 1.54) is 9.47 Å². The molecule has 0 spiro atoms. The van der Waals surface area contributed by atoms with E-state index in [0.29, 0.717) is 22.5 Å². The number of amides is 3. The predicted octanol–water partition coefficient (Wildman–Crippen LogP) is 0.816. The number of urea groups is 1. The van der Waals surface area contributed by atoms with Crippen LogP contribution in [-0.2, 0) is 18.4 Å². The first-order valence-electron chi connectivity index (χ1n) is 8.90. The van der Waals surface area contributed by atoms with Crippen LogP contribution in [-0.4, -0.2) is 53.5 Å². The summed E-state index contributed by atoms with van der Waals surface area (Å²) in [5.41, 5.74) is 1.48. The second kappa shape index (κ2) is 5.38. The molecule has 0 N–H and O–H groups in total. The van der Waals surface area contributed by atoms with Crippen molar-refractivity contribution in [2.75, 3.05) is 6.54 Å². The van der Waals surface area contributed by atoms with Gasteiger partial charge in [-0.15, -0.1) is 10.2 Å². The Bertz CT molecular complexity index is 1190. The summed E-state index contributed by atoms with van der Waals surface area (Å²) >= 11 is 0. The first-order chi connectivity index (χ1) is 13.0. The van der Waals surface area contributed by atoms with Gasteiger partial charge in [-0.25, -0.2) is 4.79 Å². The molecule has 3 heterocycles. The molecule has 27 heavy (non-hydrogen) atoms. The molecule has 1 saturated heterocycles. The van der Waals surface area contributed by atoms with Gasteiger partial charge < -0.3 is 4.90 Å². The van der Waals surface area contributed by atoms with Crippen molar-refractivity contribution >= 4 is 28.6 Å². The van der Waals surface area contributed by atoms with E-state index in [1.54, 1.807) is 16.3 Å². The molecule has 3 aromatic rings. The number of hydrogen-bond acceptors (Lipinski definition) is 5. The van der Waals surface area contributed by atoms with Crippen LogP contribution in [0.15, 0.2) is 23.0 Å². The van der Waals surface area contributed by atoms with Gasteiger partial charge in [0, 0.05) is 13.1 Å². The van der Waals surface area contributed by atoms with E-state index in [1.807, 2.05) is 25.1 Å². The zero-order chi connectivity index (χ0) is 18.9. The first kappa shape index (κ1) is 16.0. The highest BCUT2D eigenvalue weighted by Gasteiger charge is 2.44. The van der Waals surface area contributed by atoms with Crippen molar-refractivity contribution in [2.45, 2.75) is 32.4 Å². The lowest BCUT2D eigenvalue weighted by Crippen LogP contribution is -2.34. The fourth-order valence-corrected chi connectivity index (χ4v) is 3.69. The van der Waals surface area contributed by atoms with Crippen molar-refractivity contribution in [3.8, 4) is 0 Å². The van der Waals surface area contributed by atoms with Crippen LogP contribution in [0.3, 0.4) is 0 Å². The molecule has 2 aliphatic rings. The summed E-state index contributed by atoms with van der Waals surface area (Å²) in [5.74, 6) is 0.604. The van der Waals surface area contributed by atoms with E-state index in [0.717, 1.165) is 18.4 Å². The largest absolute Gasteiger partial charge is 0.327 e. The van der Waals surface area contributed by atoms with Crippen molar-refractivity contribution in [1.82, 2.24) is 29.0 Å². The molecule has 0 radical (unpaired) electrons. The maximum atomic E-state index is 12.6. The van der Waals surface area contributed by atoms with Crippen molar-refractivity contribution in [2.24, 2.45) is 7.05 Å². The lowest BCUT2D eigenvalue weighted by Gasteiger charge is -2.16. The van der Waals surface area contributed by atoms with Gasteiger partial charge in [0.2, 0.25) is 5.78 Å². The average Bonchev–Trinajstić information content (AvgIpc) is 3.34. The Balaban J connectivity index is 1.64. The van der Waals surface area contributed by atoms with Crippen LogP contribution in [0.5, 0.6) is 0 Å². The average molecular weight is 366 g/mol. The summed E-state index contributed by atoms with van der Waals surface area (Å²) in [7, 11) is 1.64. The molecule has 0 bridgehead atoms. The van der Waals surface area contributed by atoms with Crippen LogP contribution < -0.4 is 5.56 Å². The quantitative estimate of drug-likeness (QED) is 0.640. The van der Waals surface area contributed by atoms with Crippen LogP contribution in [0.2, 0.25) is 0 Å². The number of fused-ring (bicyclic) bond motifs is 3. The van der Waals surface area contributed by atoms with Gasteiger partial charge in [-0.2, -0.15) is 0 Å². The highest BCUT2D eigenvalue weighted by atomic mass is 16.2. The summed E-state index contributed by atoms with van der Waals surface area (Å²) in [4.78, 5) is 40.5. The maximum Gasteiger partial charge on any atom is 0.327 e. The SMILES string of the molecule is Cc1ccc2c(c1)c(=O)n(C)c1nnc(CN3C(=O)CN(C4CC4)C3=O)n21. The number of nitrogens with zero attached hydrogens (tertiary/aromatic N) is 6. The Morgan fingerprint density at radius 1 is 1.15 bits per heavy atom. The second-order valence-corrected chi connectivity index (χ2v) is 7.26. The molecule has 9 nitrogen and oxygen atoms in total. The fourth-order valence-electron chi connectivity index (χ4n) is 3.69. The van der Waals surface area contributed by atoms with Crippen molar-refractivity contribution in [3.05, 3.63) is 39.9 Å².